The molecule has 0 fully saturated rings. The lowest BCUT2D eigenvalue weighted by Gasteiger charge is -2.42. The fourth-order valence-corrected chi connectivity index (χ4v) is 19.6. The second kappa shape index (κ2) is 31.1. The fourth-order valence-electron chi connectivity index (χ4n) is 19.6. The minimum absolute atomic E-state index is 0.0110. The molecule has 5 heterocycles. The highest BCUT2D eigenvalue weighted by molar-refractivity contribution is 7.00. The van der Waals surface area contributed by atoms with E-state index in [0.29, 0.717) is 31.6 Å². The van der Waals surface area contributed by atoms with Crippen molar-refractivity contribution < 1.29 is 16.4 Å². The molecule has 0 spiro atoms. The minimum atomic E-state index is -0.524. The summed E-state index contributed by atoms with van der Waals surface area (Å²) >= 11 is 0. The van der Waals surface area contributed by atoms with Gasteiger partial charge in [-0.05, 0) is 266 Å². The third-order valence-corrected chi connectivity index (χ3v) is 26.8. The lowest BCUT2D eigenvalue weighted by molar-refractivity contribution is 0.260. The number of hydrogen-bond acceptors (Lipinski definition) is 3. The maximum absolute atomic E-state index is 10.4. The number of fused-ring (bicyclic) bond motifs is 13. The third kappa shape index (κ3) is 15.4. The summed E-state index contributed by atoms with van der Waals surface area (Å²) in [5.41, 5.74) is 29.4. The Balaban J connectivity index is 0.794. The first-order valence-corrected chi connectivity index (χ1v) is 45.2. The van der Waals surface area contributed by atoms with E-state index in [0.717, 1.165) is 128 Å². The zero-order valence-electron chi connectivity index (χ0n) is 88.7. The first kappa shape index (κ1) is 69.5. The van der Waals surface area contributed by atoms with Crippen LogP contribution in [-0.2, 0) is 65.0 Å². The first-order chi connectivity index (χ1) is 65.7. The van der Waals surface area contributed by atoms with Crippen molar-refractivity contribution in [3.8, 4) is 39.3 Å². The number of aromatic nitrogens is 3. The molecule has 18 aromatic rings. The molecule has 0 atom stereocenters. The third-order valence-electron chi connectivity index (χ3n) is 26.8. The van der Waals surface area contributed by atoms with E-state index in [4.69, 9.17) is 5.48 Å². The summed E-state index contributed by atoms with van der Waals surface area (Å²) in [7, 11) is 0. The van der Waals surface area contributed by atoms with E-state index in [1.165, 1.54) is 48.7 Å². The van der Waals surface area contributed by atoms with Crippen LogP contribution >= 0.6 is 0 Å². The molecule has 0 saturated carbocycles. The molecule has 0 unspecified atom stereocenters. The van der Waals surface area contributed by atoms with Gasteiger partial charge in [-0.15, -0.1) is 0 Å². The predicted molar refractivity (Wildman–Crippen MR) is 546 cm³/mol. The zero-order chi connectivity index (χ0) is 98.6. The van der Waals surface area contributed by atoms with E-state index < -0.39 is 48.3 Å². The van der Waals surface area contributed by atoms with Gasteiger partial charge in [-0.1, -0.05) is 325 Å². The second-order valence-electron chi connectivity index (χ2n) is 41.9. The van der Waals surface area contributed by atoms with E-state index in [2.05, 4.69) is 363 Å². The van der Waals surface area contributed by atoms with Gasteiger partial charge in [0, 0.05) is 98.3 Å². The molecule has 127 heavy (non-hydrogen) atoms. The average molecular weight is 1670 g/mol. The van der Waals surface area contributed by atoms with E-state index in [9.17, 15) is 11.0 Å². The normalized spacial score (nSPS) is 14.6. The van der Waals surface area contributed by atoms with Crippen LogP contribution < -0.4 is 26.6 Å². The molecule has 632 valence electrons. The van der Waals surface area contributed by atoms with Crippen molar-refractivity contribution in [2.75, 3.05) is 16.8 Å². The molecular weight excluding hydrogens is 1540 g/mol. The molecule has 0 aliphatic carbocycles. The molecule has 2 aliphatic heterocycles. The van der Waals surface area contributed by atoms with Crippen LogP contribution in [0.1, 0.15) is 208 Å². The molecule has 2 aliphatic rings. The number of rotatable bonds is 16. The Labute approximate surface area is 769 Å². The highest BCUT2D eigenvalue weighted by atomic mass is 15.2. The molecule has 3 aromatic heterocycles. The monoisotopic (exact) mass is 1670 g/mol. The summed E-state index contributed by atoms with van der Waals surface area (Å²) in [6.45, 7) is 41.3. The Hall–Kier alpha value is -12.7. The number of anilines is 4. The molecule has 0 bridgehead atoms. The van der Waals surface area contributed by atoms with Crippen molar-refractivity contribution in [1.29, 1.82) is 0 Å². The molecule has 7 heteroatoms. The van der Waals surface area contributed by atoms with Crippen LogP contribution in [0.3, 0.4) is 0 Å². The summed E-state index contributed by atoms with van der Waals surface area (Å²) in [5.74, 6) is 0. The lowest BCUT2D eigenvalue weighted by Crippen LogP contribution is -2.60. The van der Waals surface area contributed by atoms with Crippen LogP contribution in [0.2, 0.25) is 0 Å². The molecule has 0 saturated heterocycles. The van der Waals surface area contributed by atoms with Crippen molar-refractivity contribution in [2.45, 2.75) is 190 Å². The summed E-state index contributed by atoms with van der Waals surface area (Å²) in [5, 5.41) is 8.47. The van der Waals surface area contributed by atoms with Crippen LogP contribution in [0.15, 0.2) is 315 Å². The van der Waals surface area contributed by atoms with Crippen molar-refractivity contribution in [3.05, 3.63) is 382 Å². The molecule has 0 radical (unpaired) electrons. The van der Waals surface area contributed by atoms with Gasteiger partial charge in [0.25, 0.3) is 6.71 Å². The highest BCUT2D eigenvalue weighted by Crippen LogP contribution is 2.47. The quantitative estimate of drug-likeness (QED) is 0.0979. The van der Waals surface area contributed by atoms with Gasteiger partial charge in [-0.25, -0.2) is 0 Å². The summed E-state index contributed by atoms with van der Waals surface area (Å²) in [6, 6.07) is 84.4. The summed E-state index contributed by atoms with van der Waals surface area (Å²) in [6.07, 6.45) is 1.13. The van der Waals surface area contributed by atoms with Gasteiger partial charge >= 0.3 is 0 Å². The maximum atomic E-state index is 10.4. The average Bonchev–Trinajstić information content (AvgIpc) is 1.28. The Bertz CT molecular complexity index is 7790. The van der Waals surface area contributed by atoms with Gasteiger partial charge in [0.2, 0.25) is 0 Å². The van der Waals surface area contributed by atoms with Gasteiger partial charge in [0.15, 0.2) is 0 Å². The Morgan fingerprint density at radius 3 is 1.25 bits per heavy atom. The first-order valence-electron chi connectivity index (χ1n) is 51.2. The summed E-state index contributed by atoms with van der Waals surface area (Å²) in [4.78, 5) is 4.79. The van der Waals surface area contributed by atoms with Crippen LogP contribution in [0.25, 0.3) is 105 Å². The maximum Gasteiger partial charge on any atom is 0.252 e. The number of benzene rings is 15. The zero-order valence-corrected chi connectivity index (χ0v) is 76.7. The van der Waals surface area contributed by atoms with Crippen LogP contribution in [0.4, 0.5) is 22.7 Å². The van der Waals surface area contributed by atoms with Crippen molar-refractivity contribution in [3.63, 3.8) is 0 Å². The van der Waals surface area contributed by atoms with Crippen molar-refractivity contribution in [1.82, 2.24) is 18.6 Å². The predicted octanol–water partition coefficient (Wildman–Crippen LogP) is 29.2. The number of hydrogen-bond donors (Lipinski definition) is 1. The van der Waals surface area contributed by atoms with Crippen molar-refractivity contribution >= 4 is 111 Å². The minimum Gasteiger partial charge on any atom is -0.356 e. The Morgan fingerprint density at radius 1 is 0.315 bits per heavy atom. The van der Waals surface area contributed by atoms with E-state index in [-0.39, 0.29) is 110 Å². The van der Waals surface area contributed by atoms with Crippen molar-refractivity contribution in [2.24, 2.45) is 0 Å². The van der Waals surface area contributed by atoms with E-state index in [1.54, 1.807) is 12.1 Å². The standard InChI is InChI=1S/C120H119BN6/c1-115(2,3)84-45-56-108-97(69-84)98-70-85(116(4,5)6)46-57-109(98)126(108)91-51-42-78(43-52-91)75-123(74-77-40-49-90(50-41-77)125-106-38-27-25-34-95(106)96-35-26-28-39-107(96)125)61-60-80-66-105-114-113(67-80)124(76-101-93(82-30-21-19-22-31-82)36-29-37-94(101)83-32-23-20-24-33-83)112-73-92(127-110-58-47-86(117(7,8)9)71-99(110)100-72-87(118(10,11)12)48-59-111(100)127)53-55-103(112)121(114)102-54-44-79(65-104(102)122-105)62-81-63-88(119(13,14)15)68-89(64-81)120(16,17)18/h19-59,63-73,122H,60-62,74-76H2,1-18H3/i25D,26D,27D,28D,34D,35D,38D,39D,42D,43D,51D,52D. The topological polar surface area (TPSA) is 33.3 Å². The Kier molecular flexibility index (Phi) is 17.0. The number of para-hydroxylation sites is 2. The largest absolute Gasteiger partial charge is 0.356 e. The second-order valence-corrected chi connectivity index (χ2v) is 41.9. The number of nitrogens with zero attached hydrogens (tertiary/aromatic N) is 5. The van der Waals surface area contributed by atoms with Crippen LogP contribution in [0, 0.1) is 0 Å². The van der Waals surface area contributed by atoms with Gasteiger partial charge < -0.3 is 23.9 Å². The Morgan fingerprint density at radius 2 is 0.756 bits per heavy atom. The molecule has 0 amide bonds. The summed E-state index contributed by atoms with van der Waals surface area (Å²) < 4.78 is 120. The molecular formula is C120H119BN6. The lowest BCUT2D eigenvalue weighted by atomic mass is 9.33. The van der Waals surface area contributed by atoms with E-state index in [1.807, 2.05) is 16.7 Å². The molecule has 15 aromatic carbocycles. The molecule has 1 N–H and O–H groups in total. The van der Waals surface area contributed by atoms with Crippen LogP contribution in [-0.4, -0.2) is 31.9 Å². The SMILES string of the molecule is [2H]c1c([2H])c(-n2c3ccc(C(C)(C)C)cc3c3cc(C(C)(C)C)ccc32)c([2H])c([2H])c1CN(CCc1cc2c3c(c1)N(Cc1c(-c4ccccc4)cccc1-c1ccccc1)c1cc(-n4c5ccc(C(C)(C)C)cc5c5cc(C(C)(C)C)ccc54)ccc1B3c1ccc(Cc3cc(C(C)(C)C)cc(C(C)(C)C)c3)cc1N2)Cc1ccc(-n2c3c([2H])c([2H])c([2H])c([2H])c3c3c([2H])c([2H])c([2H])c([2H])c32)cc1. The molecule has 20 rings (SSSR count). The van der Waals surface area contributed by atoms with E-state index >= 15 is 0 Å². The number of nitrogens with one attached hydrogen (secondary N) is 1. The van der Waals surface area contributed by atoms with Gasteiger partial charge in [-0.3, -0.25) is 4.90 Å². The highest BCUT2D eigenvalue weighted by Gasteiger charge is 2.42. The van der Waals surface area contributed by atoms with Gasteiger partial charge in [-0.2, -0.15) is 0 Å². The fraction of sp³-hybridized carbons (Fsp3) is 0.250. The van der Waals surface area contributed by atoms with Gasteiger partial charge in [0.05, 0.1) is 49.5 Å². The smallest absolute Gasteiger partial charge is 0.252 e. The molecule has 6 nitrogen and oxygen atoms in total. The van der Waals surface area contributed by atoms with Gasteiger partial charge in [0.1, 0.15) is 0 Å². The van der Waals surface area contributed by atoms with Crippen LogP contribution in [0.5, 0.6) is 0 Å².